The zero-order valence-corrected chi connectivity index (χ0v) is 17.8. The molecule has 1 aromatic heterocycles. The molecule has 0 spiro atoms. The number of imidazole rings is 1. The predicted molar refractivity (Wildman–Crippen MR) is 124 cm³/mol. The number of amides is 1. The van der Waals surface area contributed by atoms with Crippen LogP contribution in [0.5, 0.6) is 0 Å². The highest BCUT2D eigenvalue weighted by Crippen LogP contribution is 2.30. The molecule has 4 nitrogen and oxygen atoms in total. The lowest BCUT2D eigenvalue weighted by atomic mass is 10.0. The van der Waals surface area contributed by atoms with Crippen molar-refractivity contribution in [3.8, 4) is 22.4 Å². The molecule has 1 amide bonds. The van der Waals surface area contributed by atoms with E-state index in [1.54, 1.807) is 0 Å². The molecule has 0 bridgehead atoms. The smallest absolute Gasteiger partial charge is 0.237 e. The van der Waals surface area contributed by atoms with Crippen molar-refractivity contribution >= 4 is 23.4 Å². The quantitative estimate of drug-likeness (QED) is 0.402. The van der Waals surface area contributed by atoms with Crippen LogP contribution in [0.4, 0.5) is 5.69 Å². The largest absolute Gasteiger partial charge is 0.325 e. The number of nitrogens with zero attached hydrogens (tertiary/aromatic N) is 2. The molecule has 1 N–H and O–H groups in total. The Labute approximate surface area is 181 Å². The van der Waals surface area contributed by atoms with Gasteiger partial charge in [-0.3, -0.25) is 4.79 Å². The summed E-state index contributed by atoms with van der Waals surface area (Å²) >= 11 is 1.45. The fourth-order valence-corrected chi connectivity index (χ4v) is 4.14. The van der Waals surface area contributed by atoms with Crippen LogP contribution in [0.1, 0.15) is 6.92 Å². The van der Waals surface area contributed by atoms with E-state index in [2.05, 4.69) is 22.4 Å². The fourth-order valence-electron chi connectivity index (χ4n) is 3.29. The minimum Gasteiger partial charge on any atom is -0.325 e. The molecule has 0 aliphatic rings. The second-order valence-corrected chi connectivity index (χ2v) is 8.32. The topological polar surface area (TPSA) is 46.9 Å². The van der Waals surface area contributed by atoms with E-state index >= 15 is 0 Å². The number of para-hydroxylation sites is 1. The van der Waals surface area contributed by atoms with Crippen molar-refractivity contribution in [3.05, 3.63) is 91.1 Å². The van der Waals surface area contributed by atoms with Crippen LogP contribution in [-0.2, 0) is 11.8 Å². The highest BCUT2D eigenvalue weighted by atomic mass is 32.2. The van der Waals surface area contributed by atoms with E-state index < -0.39 is 0 Å². The van der Waals surface area contributed by atoms with Gasteiger partial charge in [-0.15, -0.1) is 0 Å². The Bertz CT molecular complexity index is 1140. The van der Waals surface area contributed by atoms with Crippen LogP contribution in [0.25, 0.3) is 22.4 Å². The maximum absolute atomic E-state index is 12.9. The first-order valence-electron chi connectivity index (χ1n) is 9.82. The average Bonchev–Trinajstić information content (AvgIpc) is 3.15. The van der Waals surface area contributed by atoms with Crippen LogP contribution in [0, 0.1) is 0 Å². The molecule has 0 unspecified atom stereocenters. The number of rotatable bonds is 6. The van der Waals surface area contributed by atoms with Gasteiger partial charge in [-0.1, -0.05) is 90.6 Å². The van der Waals surface area contributed by atoms with Gasteiger partial charge in [0.05, 0.1) is 17.1 Å². The molecule has 1 heterocycles. The van der Waals surface area contributed by atoms with Gasteiger partial charge in [0.2, 0.25) is 5.91 Å². The molecule has 5 heteroatoms. The van der Waals surface area contributed by atoms with E-state index in [4.69, 9.17) is 0 Å². The third-order valence-electron chi connectivity index (χ3n) is 4.94. The van der Waals surface area contributed by atoms with Crippen LogP contribution in [0.15, 0.2) is 96.3 Å². The van der Waals surface area contributed by atoms with Crippen LogP contribution >= 0.6 is 11.8 Å². The predicted octanol–water partition coefficient (Wildman–Crippen LogP) is 5.87. The number of carbonyl (C=O) groups is 1. The zero-order chi connectivity index (χ0) is 20.9. The van der Waals surface area contributed by atoms with Gasteiger partial charge in [0.1, 0.15) is 0 Å². The highest BCUT2D eigenvalue weighted by Gasteiger charge is 2.19. The molecule has 30 heavy (non-hydrogen) atoms. The van der Waals surface area contributed by atoms with E-state index in [9.17, 15) is 4.79 Å². The maximum atomic E-state index is 12.9. The first kappa shape index (κ1) is 20.0. The Hall–Kier alpha value is -3.31. The van der Waals surface area contributed by atoms with E-state index in [1.165, 1.54) is 11.8 Å². The second-order valence-electron chi connectivity index (χ2n) is 7.01. The molecule has 0 aliphatic heterocycles. The van der Waals surface area contributed by atoms with Crippen molar-refractivity contribution in [3.63, 3.8) is 0 Å². The van der Waals surface area contributed by atoms with Gasteiger partial charge in [0, 0.05) is 18.3 Å². The van der Waals surface area contributed by atoms with Crippen molar-refractivity contribution in [2.24, 2.45) is 7.05 Å². The lowest BCUT2D eigenvalue weighted by molar-refractivity contribution is -0.115. The van der Waals surface area contributed by atoms with Crippen molar-refractivity contribution in [1.82, 2.24) is 9.55 Å². The lowest BCUT2D eigenvalue weighted by Gasteiger charge is -2.15. The molecule has 1 atom stereocenters. The molecule has 0 saturated carbocycles. The lowest BCUT2D eigenvalue weighted by Crippen LogP contribution is -2.23. The summed E-state index contributed by atoms with van der Waals surface area (Å²) in [7, 11) is 1.98. The molecular weight excluding hydrogens is 390 g/mol. The van der Waals surface area contributed by atoms with Crippen LogP contribution < -0.4 is 5.32 Å². The van der Waals surface area contributed by atoms with E-state index in [0.717, 1.165) is 33.2 Å². The molecular formula is C25H23N3OS. The third-order valence-corrected chi connectivity index (χ3v) is 6.09. The highest BCUT2D eigenvalue weighted by molar-refractivity contribution is 8.00. The first-order valence-corrected chi connectivity index (χ1v) is 10.7. The molecule has 0 saturated heterocycles. The summed E-state index contributed by atoms with van der Waals surface area (Å²) in [6.45, 7) is 1.90. The number of anilines is 1. The average molecular weight is 414 g/mol. The van der Waals surface area contributed by atoms with Gasteiger partial charge in [0.15, 0.2) is 5.16 Å². The van der Waals surface area contributed by atoms with Crippen LogP contribution in [0.2, 0.25) is 0 Å². The van der Waals surface area contributed by atoms with Gasteiger partial charge >= 0.3 is 0 Å². The number of carbonyl (C=O) groups excluding carboxylic acids is 1. The monoisotopic (exact) mass is 413 g/mol. The number of nitrogens with one attached hydrogen (secondary N) is 1. The summed E-state index contributed by atoms with van der Waals surface area (Å²) in [5, 5.41) is 3.61. The molecule has 3 aromatic carbocycles. The second kappa shape index (κ2) is 9.01. The summed E-state index contributed by atoms with van der Waals surface area (Å²) in [5.41, 5.74) is 5.02. The molecule has 4 aromatic rings. The summed E-state index contributed by atoms with van der Waals surface area (Å²) in [5.74, 6) is -0.0485. The molecule has 4 rings (SSSR count). The number of thioether (sulfide) groups is 1. The number of benzene rings is 3. The molecule has 0 aliphatic carbocycles. The summed E-state index contributed by atoms with van der Waals surface area (Å²) < 4.78 is 2.03. The van der Waals surface area contributed by atoms with Crippen molar-refractivity contribution in [1.29, 1.82) is 0 Å². The first-order chi connectivity index (χ1) is 14.6. The Balaban J connectivity index is 1.49. The van der Waals surface area contributed by atoms with Gasteiger partial charge in [-0.2, -0.15) is 0 Å². The van der Waals surface area contributed by atoms with Gasteiger partial charge < -0.3 is 9.88 Å². The standard InChI is InChI=1S/C25H23N3OS/c1-18(30-25-26-17-23(28(25)2)20-13-7-4-8-14-20)24(29)27-22-16-10-9-15-21(22)19-11-5-3-6-12-19/h3-18H,1-2H3,(H,27,29)/t18-/m0/s1. The maximum Gasteiger partial charge on any atom is 0.237 e. The Morgan fingerprint density at radius 3 is 2.20 bits per heavy atom. The minimum absolute atomic E-state index is 0.0485. The summed E-state index contributed by atoms with van der Waals surface area (Å²) in [6.07, 6.45) is 1.85. The van der Waals surface area contributed by atoms with E-state index in [1.807, 2.05) is 97.5 Å². The SMILES string of the molecule is C[C@H](Sc1ncc(-c2ccccc2)n1C)C(=O)Nc1ccccc1-c1ccccc1. The van der Waals surface area contributed by atoms with E-state index in [-0.39, 0.29) is 11.2 Å². The van der Waals surface area contributed by atoms with Crippen molar-refractivity contribution in [2.45, 2.75) is 17.3 Å². The van der Waals surface area contributed by atoms with Crippen LogP contribution in [-0.4, -0.2) is 20.7 Å². The third kappa shape index (κ3) is 4.31. The number of aromatic nitrogens is 2. The van der Waals surface area contributed by atoms with Gasteiger partial charge in [0.25, 0.3) is 0 Å². The summed E-state index contributed by atoms with van der Waals surface area (Å²) in [4.78, 5) is 17.5. The summed E-state index contributed by atoms with van der Waals surface area (Å²) in [6, 6.07) is 28.1. The zero-order valence-electron chi connectivity index (χ0n) is 16.9. The fraction of sp³-hybridized carbons (Fsp3) is 0.120. The number of hydrogen-bond acceptors (Lipinski definition) is 3. The van der Waals surface area contributed by atoms with Gasteiger partial charge in [-0.25, -0.2) is 4.98 Å². The van der Waals surface area contributed by atoms with E-state index in [0.29, 0.717) is 0 Å². The van der Waals surface area contributed by atoms with Crippen molar-refractivity contribution in [2.75, 3.05) is 5.32 Å². The molecule has 0 fully saturated rings. The Kier molecular flexibility index (Phi) is 6.00. The molecule has 150 valence electrons. The normalized spacial score (nSPS) is 11.8. The van der Waals surface area contributed by atoms with Crippen LogP contribution in [0.3, 0.4) is 0 Å². The Morgan fingerprint density at radius 1 is 0.900 bits per heavy atom. The minimum atomic E-state index is -0.293. The van der Waals surface area contributed by atoms with Gasteiger partial charge in [-0.05, 0) is 24.1 Å². The number of hydrogen-bond donors (Lipinski definition) is 1. The Morgan fingerprint density at radius 2 is 1.50 bits per heavy atom. The van der Waals surface area contributed by atoms with Crippen molar-refractivity contribution < 1.29 is 4.79 Å². The molecule has 0 radical (unpaired) electrons.